The third kappa shape index (κ3) is 3.03. The van der Waals surface area contributed by atoms with E-state index in [1.807, 2.05) is 26.0 Å². The molecule has 1 saturated carbocycles. The van der Waals surface area contributed by atoms with Crippen LogP contribution in [0.5, 0.6) is 0 Å². The average Bonchev–Trinajstić information content (AvgIpc) is 2.59. The van der Waals surface area contributed by atoms with Crippen LogP contribution in [0.2, 0.25) is 0 Å². The van der Waals surface area contributed by atoms with E-state index in [4.69, 9.17) is 4.74 Å². The summed E-state index contributed by atoms with van der Waals surface area (Å²) >= 11 is 0. The number of nitrogens with zero attached hydrogens (tertiary/aromatic N) is 2. The number of carbonyl (C=O) groups excluding carboxylic acids is 2. The fraction of sp³-hybridized carbons (Fsp3) is 0.474. The number of hydrogen-bond acceptors (Lipinski definition) is 5. The van der Waals surface area contributed by atoms with Gasteiger partial charge in [-0.05, 0) is 37.8 Å². The number of pyridine rings is 1. The second-order valence-electron chi connectivity index (χ2n) is 6.30. The Labute approximate surface area is 141 Å². The molecule has 5 nitrogen and oxygen atoms in total. The number of carbonyl (C=O) groups is 2. The zero-order chi connectivity index (χ0) is 17.1. The molecule has 2 heterocycles. The second-order valence-corrected chi connectivity index (χ2v) is 6.30. The number of aromatic nitrogens is 1. The van der Waals surface area contributed by atoms with Gasteiger partial charge in [0.15, 0.2) is 0 Å². The van der Waals surface area contributed by atoms with Gasteiger partial charge in [0.05, 0.1) is 18.1 Å². The number of allylic oxidation sites excluding steroid dienone is 1. The maximum atomic E-state index is 12.7. The second kappa shape index (κ2) is 7.07. The molecular formula is C19H22N2O3. The van der Waals surface area contributed by atoms with E-state index in [0.29, 0.717) is 24.3 Å². The Kier molecular flexibility index (Phi) is 4.88. The highest BCUT2D eigenvalue weighted by atomic mass is 16.5. The molecule has 0 radical (unpaired) electrons. The largest absolute Gasteiger partial charge is 0.462 e. The standard InChI is InChI=1S/C19H22N2O3/c1-3-10-24-19(23)16-12(2)21-14-7-4-8-15(22)18(14)17(16)13-6-5-9-20-11-13/h5-6,9,11,17-18H,3-4,7-8,10H2,1-2H3/t17-,18-/m1/s1. The molecule has 1 aromatic heterocycles. The Bertz CT molecular complexity index is 707. The van der Waals surface area contributed by atoms with Crippen molar-refractivity contribution in [2.45, 2.75) is 45.4 Å². The number of rotatable bonds is 4. The predicted molar refractivity (Wildman–Crippen MR) is 90.7 cm³/mol. The maximum Gasteiger partial charge on any atom is 0.336 e. The number of Topliss-reactive ketones (excluding diaryl/α,β-unsaturated/α-hetero) is 1. The number of fused-ring (bicyclic) bond motifs is 1. The van der Waals surface area contributed by atoms with Crippen LogP contribution in [-0.2, 0) is 14.3 Å². The number of ether oxygens (including phenoxy) is 1. The minimum atomic E-state index is -0.371. The molecule has 0 aromatic carbocycles. The third-order valence-electron chi connectivity index (χ3n) is 4.61. The summed E-state index contributed by atoms with van der Waals surface area (Å²) in [5.41, 5.74) is 2.92. The van der Waals surface area contributed by atoms with Crippen LogP contribution in [0.25, 0.3) is 0 Å². The normalized spacial score (nSPS) is 23.6. The van der Waals surface area contributed by atoms with Crippen LogP contribution in [0.3, 0.4) is 0 Å². The molecular weight excluding hydrogens is 304 g/mol. The highest BCUT2D eigenvalue weighted by Crippen LogP contribution is 2.42. The summed E-state index contributed by atoms with van der Waals surface area (Å²) in [5, 5.41) is 0. The first kappa shape index (κ1) is 16.6. The average molecular weight is 326 g/mol. The highest BCUT2D eigenvalue weighted by molar-refractivity contribution is 6.11. The SMILES string of the molecule is CCCOC(=O)C1=C(C)N=C2CCCC(=O)[C@@H]2[C@@H]1c1cccnc1. The quantitative estimate of drug-likeness (QED) is 0.797. The van der Waals surface area contributed by atoms with Crippen LogP contribution >= 0.6 is 0 Å². The highest BCUT2D eigenvalue weighted by Gasteiger charge is 2.43. The smallest absolute Gasteiger partial charge is 0.336 e. The number of esters is 1. The van der Waals surface area contributed by atoms with Crippen LogP contribution in [0, 0.1) is 5.92 Å². The molecule has 3 rings (SSSR count). The van der Waals surface area contributed by atoms with Gasteiger partial charge in [0.25, 0.3) is 0 Å². The van der Waals surface area contributed by atoms with Crippen molar-refractivity contribution in [3.8, 4) is 0 Å². The zero-order valence-electron chi connectivity index (χ0n) is 14.1. The van der Waals surface area contributed by atoms with Crippen LogP contribution in [0.4, 0.5) is 0 Å². The Morgan fingerprint density at radius 2 is 2.17 bits per heavy atom. The lowest BCUT2D eigenvalue weighted by molar-refractivity contribution is -0.139. The van der Waals surface area contributed by atoms with Gasteiger partial charge >= 0.3 is 5.97 Å². The topological polar surface area (TPSA) is 68.6 Å². The summed E-state index contributed by atoms with van der Waals surface area (Å²) in [5.74, 6) is -0.925. The summed E-state index contributed by atoms with van der Waals surface area (Å²) in [6.07, 6.45) is 6.35. The van der Waals surface area contributed by atoms with E-state index >= 15 is 0 Å². The van der Waals surface area contributed by atoms with Gasteiger partial charge in [-0.1, -0.05) is 13.0 Å². The molecule has 0 bridgehead atoms. The van der Waals surface area contributed by atoms with Gasteiger partial charge < -0.3 is 4.74 Å². The first-order valence-electron chi connectivity index (χ1n) is 8.51. The fourth-order valence-electron chi connectivity index (χ4n) is 3.58. The van der Waals surface area contributed by atoms with Crippen LogP contribution in [0.1, 0.15) is 51.0 Å². The Balaban J connectivity index is 2.09. The van der Waals surface area contributed by atoms with Gasteiger partial charge in [0.1, 0.15) is 5.78 Å². The third-order valence-corrected chi connectivity index (χ3v) is 4.61. The molecule has 0 saturated heterocycles. The molecule has 1 aliphatic heterocycles. The van der Waals surface area contributed by atoms with E-state index in [0.717, 1.165) is 30.5 Å². The Hall–Kier alpha value is -2.30. The summed E-state index contributed by atoms with van der Waals surface area (Å²) < 4.78 is 5.37. The first-order chi connectivity index (χ1) is 11.6. The molecule has 126 valence electrons. The van der Waals surface area contributed by atoms with Crippen molar-refractivity contribution in [3.63, 3.8) is 0 Å². The molecule has 0 N–H and O–H groups in total. The lowest BCUT2D eigenvalue weighted by Crippen LogP contribution is -2.39. The molecule has 1 aliphatic carbocycles. The molecule has 1 aromatic rings. The van der Waals surface area contributed by atoms with E-state index in [1.165, 1.54) is 0 Å². The molecule has 0 spiro atoms. The van der Waals surface area contributed by atoms with Crippen LogP contribution in [0.15, 0.2) is 40.8 Å². The minimum absolute atomic E-state index is 0.155. The fourth-order valence-corrected chi connectivity index (χ4v) is 3.58. The Morgan fingerprint density at radius 3 is 2.88 bits per heavy atom. The van der Waals surface area contributed by atoms with E-state index in [-0.39, 0.29) is 23.6 Å². The van der Waals surface area contributed by atoms with Crippen LogP contribution in [-0.4, -0.2) is 29.1 Å². The van der Waals surface area contributed by atoms with Gasteiger partial charge in [-0.15, -0.1) is 0 Å². The van der Waals surface area contributed by atoms with Crippen molar-refractivity contribution in [1.29, 1.82) is 0 Å². The van der Waals surface area contributed by atoms with Crippen molar-refractivity contribution in [2.75, 3.05) is 6.61 Å². The predicted octanol–water partition coefficient (Wildman–Crippen LogP) is 3.22. The summed E-state index contributed by atoms with van der Waals surface area (Å²) in [6, 6.07) is 3.75. The summed E-state index contributed by atoms with van der Waals surface area (Å²) in [4.78, 5) is 34.0. The molecule has 24 heavy (non-hydrogen) atoms. The monoisotopic (exact) mass is 326 g/mol. The molecule has 0 amide bonds. The summed E-state index contributed by atoms with van der Waals surface area (Å²) in [7, 11) is 0. The lowest BCUT2D eigenvalue weighted by Gasteiger charge is -2.35. The van der Waals surface area contributed by atoms with E-state index < -0.39 is 0 Å². The molecule has 2 aliphatic rings. The maximum absolute atomic E-state index is 12.7. The van der Waals surface area contributed by atoms with E-state index in [1.54, 1.807) is 12.4 Å². The van der Waals surface area contributed by atoms with Crippen molar-refractivity contribution >= 4 is 17.5 Å². The van der Waals surface area contributed by atoms with Crippen molar-refractivity contribution < 1.29 is 14.3 Å². The summed E-state index contributed by atoms with van der Waals surface area (Å²) in [6.45, 7) is 4.15. The van der Waals surface area contributed by atoms with Gasteiger partial charge in [-0.3, -0.25) is 14.8 Å². The number of hydrogen-bond donors (Lipinski definition) is 0. The molecule has 0 unspecified atom stereocenters. The lowest BCUT2D eigenvalue weighted by atomic mass is 9.70. The van der Waals surface area contributed by atoms with E-state index in [2.05, 4.69) is 9.98 Å². The van der Waals surface area contributed by atoms with Gasteiger partial charge in [0, 0.05) is 36.1 Å². The van der Waals surface area contributed by atoms with Crippen molar-refractivity contribution in [1.82, 2.24) is 4.98 Å². The van der Waals surface area contributed by atoms with Crippen molar-refractivity contribution in [3.05, 3.63) is 41.4 Å². The van der Waals surface area contributed by atoms with Gasteiger partial charge in [-0.2, -0.15) is 0 Å². The molecule has 2 atom stereocenters. The zero-order valence-corrected chi connectivity index (χ0v) is 14.1. The Morgan fingerprint density at radius 1 is 1.33 bits per heavy atom. The minimum Gasteiger partial charge on any atom is -0.462 e. The van der Waals surface area contributed by atoms with Crippen LogP contribution < -0.4 is 0 Å². The van der Waals surface area contributed by atoms with Gasteiger partial charge in [-0.25, -0.2) is 4.79 Å². The number of aliphatic imine (C=N–C) groups is 1. The first-order valence-corrected chi connectivity index (χ1v) is 8.51. The van der Waals surface area contributed by atoms with Crippen molar-refractivity contribution in [2.24, 2.45) is 10.9 Å². The van der Waals surface area contributed by atoms with Gasteiger partial charge in [0.2, 0.25) is 0 Å². The molecule has 1 fully saturated rings. The molecule has 5 heteroatoms. The number of ketones is 1. The van der Waals surface area contributed by atoms with E-state index in [9.17, 15) is 9.59 Å².